The average Bonchev–Trinajstić information content (AvgIpc) is 2.46. The van der Waals surface area contributed by atoms with Gasteiger partial charge in [-0.1, -0.05) is 30.3 Å². The van der Waals surface area contributed by atoms with Crippen LogP contribution in [-0.2, 0) is 0 Å². The van der Waals surface area contributed by atoms with E-state index in [9.17, 15) is 4.79 Å². The molecule has 0 atom stereocenters. The highest BCUT2D eigenvalue weighted by Crippen LogP contribution is 2.21. The van der Waals surface area contributed by atoms with E-state index in [1.165, 1.54) is 7.11 Å². The number of ether oxygens (including phenoxy) is 1. The van der Waals surface area contributed by atoms with Gasteiger partial charge in [0.1, 0.15) is 11.8 Å². The van der Waals surface area contributed by atoms with Crippen LogP contribution in [0, 0.1) is 11.3 Å². The van der Waals surface area contributed by atoms with E-state index in [4.69, 9.17) is 10.00 Å². The number of carbonyl (C=O) groups excluding carboxylic acids is 1. The standard InChI is InChI=1S/C15H11NO2/c1-18-14-9-12(7-8-13(14)10-16)15(17)11-5-3-2-4-6-11/h2-9H,1H3. The molecule has 18 heavy (non-hydrogen) atoms. The molecule has 0 aliphatic heterocycles. The molecule has 0 saturated heterocycles. The molecule has 0 aromatic heterocycles. The lowest BCUT2D eigenvalue weighted by atomic mass is 10.0. The van der Waals surface area contributed by atoms with Crippen LogP contribution in [0.4, 0.5) is 0 Å². The fourth-order valence-corrected chi connectivity index (χ4v) is 1.68. The van der Waals surface area contributed by atoms with Crippen LogP contribution in [0.25, 0.3) is 0 Å². The number of methoxy groups -OCH3 is 1. The summed E-state index contributed by atoms with van der Waals surface area (Å²) in [5.41, 5.74) is 1.54. The molecule has 0 aliphatic rings. The van der Waals surface area contributed by atoms with Gasteiger partial charge in [-0.3, -0.25) is 4.79 Å². The van der Waals surface area contributed by atoms with E-state index in [-0.39, 0.29) is 5.78 Å². The summed E-state index contributed by atoms with van der Waals surface area (Å²) >= 11 is 0. The smallest absolute Gasteiger partial charge is 0.193 e. The molecule has 0 unspecified atom stereocenters. The Morgan fingerprint density at radius 3 is 2.44 bits per heavy atom. The van der Waals surface area contributed by atoms with Crippen LogP contribution in [-0.4, -0.2) is 12.9 Å². The lowest BCUT2D eigenvalue weighted by Crippen LogP contribution is -2.02. The minimum Gasteiger partial charge on any atom is -0.495 e. The number of rotatable bonds is 3. The van der Waals surface area contributed by atoms with E-state index < -0.39 is 0 Å². The minimum absolute atomic E-state index is 0.0848. The second-order valence-corrected chi connectivity index (χ2v) is 3.72. The molecule has 0 heterocycles. The van der Waals surface area contributed by atoms with Crippen molar-refractivity contribution in [3.8, 4) is 11.8 Å². The highest BCUT2D eigenvalue weighted by molar-refractivity contribution is 6.09. The number of hydrogen-bond donors (Lipinski definition) is 0. The lowest BCUT2D eigenvalue weighted by Gasteiger charge is -2.05. The first kappa shape index (κ1) is 11.9. The van der Waals surface area contributed by atoms with E-state index in [1.807, 2.05) is 24.3 Å². The highest BCUT2D eigenvalue weighted by atomic mass is 16.5. The zero-order valence-corrected chi connectivity index (χ0v) is 9.88. The summed E-state index contributed by atoms with van der Waals surface area (Å²) in [4.78, 5) is 12.2. The first-order valence-corrected chi connectivity index (χ1v) is 5.44. The summed E-state index contributed by atoms with van der Waals surface area (Å²) in [7, 11) is 1.48. The quantitative estimate of drug-likeness (QED) is 0.771. The van der Waals surface area contributed by atoms with Crippen LogP contribution in [0.15, 0.2) is 48.5 Å². The van der Waals surface area contributed by atoms with Crippen LogP contribution < -0.4 is 4.74 Å². The molecule has 2 rings (SSSR count). The van der Waals surface area contributed by atoms with Crippen molar-refractivity contribution in [2.75, 3.05) is 7.11 Å². The molecule has 2 aromatic carbocycles. The van der Waals surface area contributed by atoms with Crippen molar-refractivity contribution in [2.24, 2.45) is 0 Å². The normalized spacial score (nSPS) is 9.56. The molecule has 0 fully saturated rings. The summed E-state index contributed by atoms with van der Waals surface area (Å²) in [6.45, 7) is 0. The van der Waals surface area contributed by atoms with E-state index in [0.29, 0.717) is 22.4 Å². The third kappa shape index (κ3) is 2.23. The summed E-state index contributed by atoms with van der Waals surface area (Å²) in [5.74, 6) is 0.331. The Morgan fingerprint density at radius 2 is 1.83 bits per heavy atom. The zero-order chi connectivity index (χ0) is 13.0. The molecule has 0 N–H and O–H groups in total. The first-order valence-electron chi connectivity index (χ1n) is 5.44. The van der Waals surface area contributed by atoms with Gasteiger partial charge in [-0.05, 0) is 18.2 Å². The third-order valence-corrected chi connectivity index (χ3v) is 2.62. The summed E-state index contributed by atoms with van der Waals surface area (Å²) in [5, 5.41) is 8.88. The second kappa shape index (κ2) is 5.15. The topological polar surface area (TPSA) is 50.1 Å². The minimum atomic E-state index is -0.0848. The van der Waals surface area contributed by atoms with Gasteiger partial charge in [-0.2, -0.15) is 5.26 Å². The SMILES string of the molecule is COc1cc(C(=O)c2ccccc2)ccc1C#N. The van der Waals surface area contributed by atoms with E-state index in [0.717, 1.165) is 0 Å². The summed E-state index contributed by atoms with van der Waals surface area (Å²) in [6.07, 6.45) is 0. The molecule has 88 valence electrons. The number of ketones is 1. The molecule has 2 aromatic rings. The van der Waals surface area contributed by atoms with Gasteiger partial charge in [0.05, 0.1) is 12.7 Å². The van der Waals surface area contributed by atoms with Crippen molar-refractivity contribution in [3.05, 3.63) is 65.2 Å². The molecule has 0 saturated carbocycles. The van der Waals surface area contributed by atoms with Crippen LogP contribution in [0.5, 0.6) is 5.75 Å². The van der Waals surface area contributed by atoms with Gasteiger partial charge in [0, 0.05) is 11.1 Å². The Labute approximate surface area is 105 Å². The second-order valence-electron chi connectivity index (χ2n) is 3.72. The van der Waals surface area contributed by atoms with Gasteiger partial charge in [0.25, 0.3) is 0 Å². The Kier molecular flexibility index (Phi) is 3.40. The van der Waals surface area contributed by atoms with Crippen LogP contribution in [0.3, 0.4) is 0 Å². The Bertz CT molecular complexity index is 612. The fraction of sp³-hybridized carbons (Fsp3) is 0.0667. The lowest BCUT2D eigenvalue weighted by molar-refractivity contribution is 0.103. The summed E-state index contributed by atoms with van der Waals surface area (Å²) in [6, 6.07) is 15.8. The summed E-state index contributed by atoms with van der Waals surface area (Å²) < 4.78 is 5.09. The van der Waals surface area contributed by atoms with Gasteiger partial charge in [0.2, 0.25) is 0 Å². The first-order chi connectivity index (χ1) is 8.76. The van der Waals surface area contributed by atoms with Gasteiger partial charge in [-0.25, -0.2) is 0 Å². The van der Waals surface area contributed by atoms with E-state index in [2.05, 4.69) is 0 Å². The molecule has 0 amide bonds. The highest BCUT2D eigenvalue weighted by Gasteiger charge is 2.11. The molecular weight excluding hydrogens is 226 g/mol. The average molecular weight is 237 g/mol. The predicted molar refractivity (Wildman–Crippen MR) is 67.6 cm³/mol. The van der Waals surface area contributed by atoms with Crippen molar-refractivity contribution in [3.63, 3.8) is 0 Å². The number of nitrogens with zero attached hydrogens (tertiary/aromatic N) is 1. The van der Waals surface area contributed by atoms with Crippen molar-refractivity contribution in [1.29, 1.82) is 5.26 Å². The van der Waals surface area contributed by atoms with Crippen molar-refractivity contribution >= 4 is 5.78 Å². The maximum absolute atomic E-state index is 12.2. The van der Waals surface area contributed by atoms with Crippen molar-refractivity contribution in [2.45, 2.75) is 0 Å². The van der Waals surface area contributed by atoms with Crippen LogP contribution >= 0.6 is 0 Å². The van der Waals surface area contributed by atoms with Gasteiger partial charge < -0.3 is 4.74 Å². The molecule has 3 nitrogen and oxygen atoms in total. The fourth-order valence-electron chi connectivity index (χ4n) is 1.68. The Hall–Kier alpha value is -2.60. The Morgan fingerprint density at radius 1 is 1.11 bits per heavy atom. The maximum atomic E-state index is 12.2. The van der Waals surface area contributed by atoms with Crippen molar-refractivity contribution in [1.82, 2.24) is 0 Å². The molecule has 0 bridgehead atoms. The van der Waals surface area contributed by atoms with Gasteiger partial charge >= 0.3 is 0 Å². The molecule has 0 aliphatic carbocycles. The Balaban J connectivity index is 2.41. The zero-order valence-electron chi connectivity index (χ0n) is 9.88. The molecule has 3 heteroatoms. The van der Waals surface area contributed by atoms with Gasteiger partial charge in [0.15, 0.2) is 5.78 Å². The molecule has 0 spiro atoms. The number of benzene rings is 2. The number of nitriles is 1. The largest absolute Gasteiger partial charge is 0.495 e. The third-order valence-electron chi connectivity index (χ3n) is 2.62. The monoisotopic (exact) mass is 237 g/mol. The number of carbonyl (C=O) groups is 1. The van der Waals surface area contributed by atoms with E-state index in [1.54, 1.807) is 30.3 Å². The maximum Gasteiger partial charge on any atom is 0.193 e. The number of hydrogen-bond acceptors (Lipinski definition) is 3. The predicted octanol–water partition coefficient (Wildman–Crippen LogP) is 2.80. The van der Waals surface area contributed by atoms with E-state index >= 15 is 0 Å². The van der Waals surface area contributed by atoms with Crippen molar-refractivity contribution < 1.29 is 9.53 Å². The van der Waals surface area contributed by atoms with Gasteiger partial charge in [-0.15, -0.1) is 0 Å². The molecular formula is C15H11NO2. The van der Waals surface area contributed by atoms with Crippen LogP contribution in [0.1, 0.15) is 21.5 Å². The molecule has 0 radical (unpaired) electrons. The van der Waals surface area contributed by atoms with Crippen LogP contribution in [0.2, 0.25) is 0 Å².